The maximum absolute atomic E-state index is 11.6. The van der Waals surface area contributed by atoms with Gasteiger partial charge in [-0.15, -0.1) is 0 Å². The van der Waals surface area contributed by atoms with Crippen LogP contribution in [0.4, 0.5) is 0 Å². The molecule has 3 nitrogen and oxygen atoms in total. The minimum atomic E-state index is -0.491. The van der Waals surface area contributed by atoms with Gasteiger partial charge in [0.15, 0.2) is 0 Å². The number of likely N-dealkylation sites (N-methyl/N-ethyl adjacent to an activating group) is 1. The monoisotopic (exact) mass is 274 g/mol. The maximum atomic E-state index is 11.6. The number of thiocarbonyl (C=S) groups is 1. The van der Waals surface area contributed by atoms with Crippen LogP contribution < -0.4 is 5.32 Å². The van der Waals surface area contributed by atoms with Crippen molar-refractivity contribution in [1.82, 2.24) is 10.3 Å². The Hall–Kier alpha value is -1.55. The van der Waals surface area contributed by atoms with Crippen molar-refractivity contribution in [3.8, 4) is 0 Å². The van der Waals surface area contributed by atoms with Gasteiger partial charge in [0, 0.05) is 19.4 Å². The molecule has 0 aliphatic heterocycles. The lowest BCUT2D eigenvalue weighted by atomic mass is 9.61. The van der Waals surface area contributed by atoms with Gasteiger partial charge >= 0.3 is 0 Å². The van der Waals surface area contributed by atoms with E-state index in [4.69, 9.17) is 12.2 Å². The second-order valence-corrected chi connectivity index (χ2v) is 5.33. The van der Waals surface area contributed by atoms with Crippen molar-refractivity contribution in [2.45, 2.75) is 24.7 Å². The molecule has 2 atom stereocenters. The zero-order chi connectivity index (χ0) is 13.9. The smallest absolute Gasteiger partial charge is 0.128 e. The molecule has 0 saturated heterocycles. The highest BCUT2D eigenvalue weighted by molar-refractivity contribution is 7.80. The van der Waals surface area contributed by atoms with E-state index in [-0.39, 0.29) is 5.92 Å². The quantitative estimate of drug-likeness (QED) is 0.522. The number of hydrogen-bond donors (Lipinski definition) is 1. The first-order chi connectivity index (χ1) is 9.16. The van der Waals surface area contributed by atoms with Crippen LogP contribution in [0.5, 0.6) is 0 Å². The minimum Gasteiger partial charge on any atom is -0.382 e. The predicted molar refractivity (Wildman–Crippen MR) is 80.1 cm³/mol. The molecule has 4 heteroatoms. The molecule has 0 radical (unpaired) electrons. The number of carbonyl (C=O) groups excluding carboxylic acids is 1. The van der Waals surface area contributed by atoms with Gasteiger partial charge in [-0.1, -0.05) is 30.4 Å². The van der Waals surface area contributed by atoms with Gasteiger partial charge in [0.2, 0.25) is 0 Å². The van der Waals surface area contributed by atoms with Crippen LogP contribution in [0.1, 0.15) is 24.8 Å². The van der Waals surface area contributed by atoms with Crippen LogP contribution in [-0.2, 0) is 10.2 Å². The molecule has 0 spiro atoms. The fourth-order valence-electron chi connectivity index (χ4n) is 3.03. The zero-order valence-corrected chi connectivity index (χ0v) is 11.9. The predicted octanol–water partition coefficient (Wildman–Crippen LogP) is 2.42. The highest BCUT2D eigenvalue weighted by Crippen LogP contribution is 2.45. The maximum Gasteiger partial charge on any atom is 0.128 e. The molecule has 1 saturated carbocycles. The number of carbonyl (C=O) groups is 1. The summed E-state index contributed by atoms with van der Waals surface area (Å²) in [6.45, 7) is 4.06. The van der Waals surface area contributed by atoms with E-state index < -0.39 is 5.41 Å². The standard InChI is InChI=1S/C15H18N2OS/c1-11-5-3-7-15(13(11)10-18,14(19)16-2)12-6-4-8-17-9-12/h4,6,8-10,13H,1,3,5,7H2,2H3,(H,16,19). The molecule has 1 fully saturated rings. The lowest BCUT2D eigenvalue weighted by molar-refractivity contribution is -0.111. The molecule has 1 aliphatic carbocycles. The van der Waals surface area contributed by atoms with Gasteiger partial charge in [-0.2, -0.15) is 0 Å². The number of aromatic nitrogens is 1. The van der Waals surface area contributed by atoms with E-state index in [0.717, 1.165) is 36.7 Å². The van der Waals surface area contributed by atoms with Crippen molar-refractivity contribution in [1.29, 1.82) is 0 Å². The van der Waals surface area contributed by atoms with Gasteiger partial charge in [0.05, 0.1) is 16.3 Å². The van der Waals surface area contributed by atoms with E-state index in [1.807, 2.05) is 12.1 Å². The number of nitrogens with zero attached hydrogens (tertiary/aromatic N) is 1. The average molecular weight is 274 g/mol. The minimum absolute atomic E-state index is 0.273. The Labute approximate surface area is 119 Å². The van der Waals surface area contributed by atoms with Crippen LogP contribution in [0.2, 0.25) is 0 Å². The van der Waals surface area contributed by atoms with Crippen LogP contribution in [0.25, 0.3) is 0 Å². The first kappa shape index (κ1) is 13.9. The highest BCUT2D eigenvalue weighted by Gasteiger charge is 2.47. The molecule has 0 amide bonds. The van der Waals surface area contributed by atoms with Crippen molar-refractivity contribution in [3.63, 3.8) is 0 Å². The Morgan fingerprint density at radius 3 is 3.05 bits per heavy atom. The Morgan fingerprint density at radius 2 is 2.47 bits per heavy atom. The average Bonchev–Trinajstić information content (AvgIpc) is 2.46. The molecule has 1 N–H and O–H groups in total. The molecular formula is C15H18N2OS. The number of aldehydes is 1. The molecule has 1 aliphatic rings. The van der Waals surface area contributed by atoms with Gasteiger partial charge in [0.1, 0.15) is 6.29 Å². The first-order valence-corrected chi connectivity index (χ1v) is 6.83. The van der Waals surface area contributed by atoms with Crippen molar-refractivity contribution in [3.05, 3.63) is 42.2 Å². The summed E-state index contributed by atoms with van der Waals surface area (Å²) in [6.07, 6.45) is 7.24. The summed E-state index contributed by atoms with van der Waals surface area (Å²) < 4.78 is 0. The first-order valence-electron chi connectivity index (χ1n) is 6.42. The number of rotatable bonds is 3. The van der Waals surface area contributed by atoms with Crippen molar-refractivity contribution in [2.75, 3.05) is 7.05 Å². The van der Waals surface area contributed by atoms with E-state index in [1.165, 1.54) is 0 Å². The number of hydrogen-bond acceptors (Lipinski definition) is 3. The Kier molecular flexibility index (Phi) is 4.10. The molecule has 2 unspecified atom stereocenters. The Morgan fingerprint density at radius 1 is 1.68 bits per heavy atom. The molecule has 0 aromatic carbocycles. The van der Waals surface area contributed by atoms with Gasteiger partial charge in [-0.25, -0.2) is 0 Å². The van der Waals surface area contributed by atoms with Crippen molar-refractivity contribution in [2.24, 2.45) is 5.92 Å². The molecule has 2 rings (SSSR count). The lowest BCUT2D eigenvalue weighted by Crippen LogP contribution is -2.50. The van der Waals surface area contributed by atoms with Crippen LogP contribution in [0, 0.1) is 5.92 Å². The van der Waals surface area contributed by atoms with E-state index >= 15 is 0 Å². The number of allylic oxidation sites excluding steroid dienone is 1. The van der Waals surface area contributed by atoms with Gasteiger partial charge in [-0.3, -0.25) is 4.98 Å². The molecule has 100 valence electrons. The second-order valence-electron chi connectivity index (χ2n) is 4.92. The summed E-state index contributed by atoms with van der Waals surface area (Å²) in [4.78, 5) is 16.5. The largest absolute Gasteiger partial charge is 0.382 e. The third-order valence-electron chi connectivity index (χ3n) is 3.98. The summed E-state index contributed by atoms with van der Waals surface area (Å²) in [5, 5.41) is 3.06. The molecule has 0 bridgehead atoms. The van der Waals surface area contributed by atoms with Crippen LogP contribution in [-0.4, -0.2) is 23.3 Å². The normalized spacial score (nSPS) is 26.8. The van der Waals surface area contributed by atoms with Gasteiger partial charge in [0.25, 0.3) is 0 Å². The van der Waals surface area contributed by atoms with Crippen LogP contribution in [0.3, 0.4) is 0 Å². The fourth-order valence-corrected chi connectivity index (χ4v) is 3.37. The molecule has 19 heavy (non-hydrogen) atoms. The summed E-state index contributed by atoms with van der Waals surface area (Å²) in [6, 6.07) is 3.88. The van der Waals surface area contributed by atoms with Gasteiger partial charge in [-0.05, 0) is 30.9 Å². The van der Waals surface area contributed by atoms with Crippen LogP contribution >= 0.6 is 12.2 Å². The van der Waals surface area contributed by atoms with E-state index in [1.54, 1.807) is 19.4 Å². The number of nitrogens with one attached hydrogen (secondary N) is 1. The van der Waals surface area contributed by atoms with E-state index in [0.29, 0.717) is 4.99 Å². The third-order valence-corrected chi connectivity index (χ3v) is 4.55. The van der Waals surface area contributed by atoms with Crippen molar-refractivity contribution >= 4 is 23.5 Å². The molecule has 1 heterocycles. The lowest BCUT2D eigenvalue weighted by Gasteiger charge is -2.43. The Bertz CT molecular complexity index is 500. The fraction of sp³-hybridized carbons (Fsp3) is 0.400. The Balaban J connectivity index is 2.60. The van der Waals surface area contributed by atoms with Gasteiger partial charge < -0.3 is 10.1 Å². The summed E-state index contributed by atoms with van der Waals surface area (Å²) >= 11 is 5.53. The SMILES string of the molecule is C=C1CCCC(C(=S)NC)(c2cccnc2)C1C=O. The van der Waals surface area contributed by atoms with E-state index in [2.05, 4.69) is 16.9 Å². The summed E-state index contributed by atoms with van der Waals surface area (Å²) in [5.74, 6) is -0.273. The molecular weight excluding hydrogens is 256 g/mol. The molecule has 1 aromatic rings. The summed E-state index contributed by atoms with van der Waals surface area (Å²) in [5.41, 5.74) is 1.46. The van der Waals surface area contributed by atoms with E-state index in [9.17, 15) is 4.79 Å². The number of pyridine rings is 1. The van der Waals surface area contributed by atoms with Crippen LogP contribution in [0.15, 0.2) is 36.7 Å². The second kappa shape index (κ2) is 5.61. The summed E-state index contributed by atoms with van der Waals surface area (Å²) in [7, 11) is 1.81. The topological polar surface area (TPSA) is 42.0 Å². The molecule has 1 aromatic heterocycles. The van der Waals surface area contributed by atoms with Crippen molar-refractivity contribution < 1.29 is 4.79 Å². The third kappa shape index (κ3) is 2.21. The highest BCUT2D eigenvalue weighted by atomic mass is 32.1. The zero-order valence-electron chi connectivity index (χ0n) is 11.1.